The molecule has 2 saturated heterocycles. The van der Waals surface area contributed by atoms with Crippen LogP contribution in [0, 0.1) is 0 Å². The number of benzene rings is 2. The maximum absolute atomic E-state index is 13.2. The van der Waals surface area contributed by atoms with Crippen LogP contribution in [0.2, 0.25) is 0 Å². The Kier molecular flexibility index (Phi) is 5.69. The first-order valence-electron chi connectivity index (χ1n) is 10.0. The second-order valence-corrected chi connectivity index (χ2v) is 8.81. The molecule has 0 spiro atoms. The van der Waals surface area contributed by atoms with E-state index in [0.29, 0.717) is 35.5 Å². The zero-order chi connectivity index (χ0) is 21.2. The van der Waals surface area contributed by atoms with Crippen molar-refractivity contribution in [2.75, 3.05) is 26.3 Å². The van der Waals surface area contributed by atoms with Gasteiger partial charge in [0.2, 0.25) is 0 Å². The van der Waals surface area contributed by atoms with Gasteiger partial charge in [0, 0.05) is 30.4 Å². The molecule has 0 saturated carbocycles. The first-order chi connectivity index (χ1) is 15.2. The molecule has 2 fully saturated rings. The largest absolute Gasteiger partial charge is 0.379 e. The number of hydrogen-bond acceptors (Lipinski definition) is 6. The van der Waals surface area contributed by atoms with Crippen LogP contribution in [-0.2, 0) is 9.53 Å². The van der Waals surface area contributed by atoms with Gasteiger partial charge in [0.05, 0.1) is 29.5 Å². The number of carbonyl (C=O) groups is 1. The van der Waals surface area contributed by atoms with E-state index in [2.05, 4.69) is 0 Å². The van der Waals surface area contributed by atoms with Crippen LogP contribution >= 0.6 is 24.0 Å². The molecule has 0 N–H and O–H groups in total. The highest BCUT2D eigenvalue weighted by atomic mass is 32.2. The predicted molar refractivity (Wildman–Crippen MR) is 126 cm³/mol. The zero-order valence-corrected chi connectivity index (χ0v) is 18.3. The lowest BCUT2D eigenvalue weighted by Gasteiger charge is -2.33. The fourth-order valence-corrected chi connectivity index (χ4v) is 4.92. The van der Waals surface area contributed by atoms with Crippen molar-refractivity contribution in [2.45, 2.75) is 0 Å². The number of thiocarbonyl (C=S) groups is 1. The summed E-state index contributed by atoms with van der Waals surface area (Å²) in [6.45, 7) is 2.50. The summed E-state index contributed by atoms with van der Waals surface area (Å²) in [5, 5.41) is 8.40. The van der Waals surface area contributed by atoms with E-state index in [1.807, 2.05) is 82.6 Å². The number of amides is 1. The molecule has 0 aliphatic carbocycles. The van der Waals surface area contributed by atoms with Gasteiger partial charge < -0.3 is 4.74 Å². The highest BCUT2D eigenvalue weighted by molar-refractivity contribution is 8.26. The molecule has 1 amide bonds. The molecule has 3 aromatic rings. The summed E-state index contributed by atoms with van der Waals surface area (Å²) in [5.74, 6) is -0.0941. The molecule has 6 nitrogen and oxygen atoms in total. The van der Waals surface area contributed by atoms with E-state index >= 15 is 0 Å². The summed E-state index contributed by atoms with van der Waals surface area (Å²) < 4.78 is 7.80. The Balaban J connectivity index is 1.53. The number of para-hydroxylation sites is 1. The van der Waals surface area contributed by atoms with E-state index in [-0.39, 0.29) is 5.91 Å². The number of rotatable bonds is 4. The maximum atomic E-state index is 13.2. The highest BCUT2D eigenvalue weighted by Gasteiger charge is 2.37. The fourth-order valence-electron chi connectivity index (χ4n) is 3.62. The van der Waals surface area contributed by atoms with Gasteiger partial charge in [-0.2, -0.15) is 5.10 Å². The van der Waals surface area contributed by atoms with E-state index in [1.165, 1.54) is 11.8 Å². The number of aromatic nitrogens is 2. The Morgan fingerprint density at radius 2 is 1.68 bits per heavy atom. The average molecular weight is 449 g/mol. The quantitative estimate of drug-likeness (QED) is 0.444. The van der Waals surface area contributed by atoms with Gasteiger partial charge in [-0.3, -0.25) is 4.79 Å². The lowest BCUT2D eigenvalue weighted by atomic mass is 10.1. The molecule has 1 aromatic heterocycles. The molecule has 8 heteroatoms. The van der Waals surface area contributed by atoms with Gasteiger partial charge >= 0.3 is 0 Å². The van der Waals surface area contributed by atoms with Gasteiger partial charge in [-0.15, -0.1) is 0 Å². The summed E-state index contributed by atoms with van der Waals surface area (Å²) >= 11 is 6.85. The third-order valence-corrected chi connectivity index (χ3v) is 6.42. The number of thioether (sulfide) groups is 1. The topological polar surface area (TPSA) is 50.6 Å². The second kappa shape index (κ2) is 8.76. The first kappa shape index (κ1) is 20.1. The summed E-state index contributed by atoms with van der Waals surface area (Å²) in [6, 6.07) is 19.9. The van der Waals surface area contributed by atoms with E-state index in [9.17, 15) is 4.79 Å². The number of hydrazine groups is 1. The molecule has 2 aliphatic rings. The molecule has 2 aromatic carbocycles. The molecule has 0 bridgehead atoms. The molecular formula is C23H20N4O2S2. The normalized spacial score (nSPS) is 18.8. The second-order valence-electron chi connectivity index (χ2n) is 7.14. The minimum absolute atomic E-state index is 0.0941. The van der Waals surface area contributed by atoms with Crippen LogP contribution < -0.4 is 0 Å². The molecule has 2 aliphatic heterocycles. The number of nitrogens with zero attached hydrogens (tertiary/aromatic N) is 4. The standard InChI is InChI=1S/C23H20N4O2S2/c28-22-20(31-23(30)27(22)25-11-13-29-14-12-25)15-18-16-26(19-9-5-2-6-10-19)24-21(18)17-7-3-1-4-8-17/h1-10,15-16H,11-14H2/b20-15-. The van der Waals surface area contributed by atoms with Gasteiger partial charge in [-0.1, -0.05) is 72.5 Å². The maximum Gasteiger partial charge on any atom is 0.280 e. The lowest BCUT2D eigenvalue weighted by Crippen LogP contribution is -2.50. The smallest absolute Gasteiger partial charge is 0.280 e. The minimum Gasteiger partial charge on any atom is -0.379 e. The summed E-state index contributed by atoms with van der Waals surface area (Å²) in [4.78, 5) is 13.8. The molecule has 5 rings (SSSR count). The van der Waals surface area contributed by atoms with E-state index in [4.69, 9.17) is 22.1 Å². The SMILES string of the molecule is O=C1/C(=C/c2cn(-c3ccccc3)nc2-c2ccccc2)SC(=S)N1N1CCOCC1. The van der Waals surface area contributed by atoms with Crippen molar-refractivity contribution in [1.82, 2.24) is 19.8 Å². The molecular weight excluding hydrogens is 428 g/mol. The van der Waals surface area contributed by atoms with Crippen molar-refractivity contribution >= 4 is 40.3 Å². The number of hydrogen-bond donors (Lipinski definition) is 0. The van der Waals surface area contributed by atoms with Crippen molar-refractivity contribution in [2.24, 2.45) is 0 Å². The molecule has 0 unspecified atom stereocenters. The van der Waals surface area contributed by atoms with Crippen LogP contribution in [0.15, 0.2) is 71.8 Å². The monoisotopic (exact) mass is 448 g/mol. The van der Waals surface area contributed by atoms with E-state index in [0.717, 1.165) is 22.5 Å². The van der Waals surface area contributed by atoms with Gasteiger partial charge in [0.15, 0.2) is 4.32 Å². The average Bonchev–Trinajstić information content (AvgIpc) is 3.36. The van der Waals surface area contributed by atoms with E-state index in [1.54, 1.807) is 5.01 Å². The molecule has 0 atom stereocenters. The number of ether oxygens (including phenoxy) is 1. The van der Waals surface area contributed by atoms with Crippen molar-refractivity contribution in [1.29, 1.82) is 0 Å². The third-order valence-electron chi connectivity index (χ3n) is 5.14. The van der Waals surface area contributed by atoms with Crippen LogP contribution in [0.1, 0.15) is 5.56 Å². The Morgan fingerprint density at radius 1 is 1.00 bits per heavy atom. The van der Waals surface area contributed by atoms with Gasteiger partial charge in [-0.05, 0) is 18.2 Å². The van der Waals surface area contributed by atoms with E-state index < -0.39 is 0 Å². The van der Waals surface area contributed by atoms with Crippen LogP contribution in [0.25, 0.3) is 23.0 Å². The molecule has 156 valence electrons. The van der Waals surface area contributed by atoms with Gasteiger partial charge in [0.1, 0.15) is 0 Å². The number of carbonyl (C=O) groups excluding carboxylic acids is 1. The number of morpholine rings is 1. The van der Waals surface area contributed by atoms with Crippen molar-refractivity contribution in [3.8, 4) is 16.9 Å². The van der Waals surface area contributed by atoms with Gasteiger partial charge in [-0.25, -0.2) is 14.7 Å². The Morgan fingerprint density at radius 3 is 2.39 bits per heavy atom. The lowest BCUT2D eigenvalue weighted by molar-refractivity contribution is -0.138. The molecule has 0 radical (unpaired) electrons. The fraction of sp³-hybridized carbons (Fsp3) is 0.174. The van der Waals surface area contributed by atoms with Crippen LogP contribution in [-0.4, -0.2) is 56.3 Å². The predicted octanol–water partition coefficient (Wildman–Crippen LogP) is 3.99. The van der Waals surface area contributed by atoms with Gasteiger partial charge in [0.25, 0.3) is 5.91 Å². The Hall–Kier alpha value is -2.78. The van der Waals surface area contributed by atoms with Crippen LogP contribution in [0.4, 0.5) is 0 Å². The van der Waals surface area contributed by atoms with Crippen LogP contribution in [0.3, 0.4) is 0 Å². The Bertz CT molecular complexity index is 1140. The van der Waals surface area contributed by atoms with Crippen molar-refractivity contribution < 1.29 is 9.53 Å². The highest BCUT2D eigenvalue weighted by Crippen LogP contribution is 2.35. The zero-order valence-electron chi connectivity index (χ0n) is 16.7. The summed E-state index contributed by atoms with van der Waals surface area (Å²) in [6.07, 6.45) is 3.85. The Labute approximate surface area is 190 Å². The molecule has 31 heavy (non-hydrogen) atoms. The molecule has 3 heterocycles. The van der Waals surface area contributed by atoms with Crippen molar-refractivity contribution in [3.05, 3.63) is 77.3 Å². The summed E-state index contributed by atoms with van der Waals surface area (Å²) in [7, 11) is 0. The minimum atomic E-state index is -0.0941. The van der Waals surface area contributed by atoms with Crippen LogP contribution in [0.5, 0.6) is 0 Å². The first-order valence-corrected chi connectivity index (χ1v) is 11.2. The van der Waals surface area contributed by atoms with Crippen molar-refractivity contribution in [3.63, 3.8) is 0 Å². The third kappa shape index (κ3) is 4.07. The summed E-state index contributed by atoms with van der Waals surface area (Å²) in [5.41, 5.74) is 3.64.